The van der Waals surface area contributed by atoms with E-state index in [0.29, 0.717) is 13.0 Å². The molecule has 0 saturated heterocycles. The molecule has 7 heteroatoms. The number of imidazole rings is 1. The first-order valence-corrected chi connectivity index (χ1v) is 14.4. The molecule has 0 atom stereocenters. The number of aromatic amines is 1. The van der Waals surface area contributed by atoms with Gasteiger partial charge in [-0.25, -0.2) is 9.97 Å². The van der Waals surface area contributed by atoms with Gasteiger partial charge in [0.25, 0.3) is 0 Å². The number of rotatable bonds is 15. The highest BCUT2D eigenvalue weighted by atomic mass is 32.1. The number of hydrogen-bond donors (Lipinski definition) is 1. The van der Waals surface area contributed by atoms with Crippen LogP contribution in [0.2, 0.25) is 0 Å². The highest BCUT2D eigenvalue weighted by Crippen LogP contribution is 2.17. The molecule has 6 nitrogen and oxygen atoms in total. The molecule has 0 spiro atoms. The van der Waals surface area contributed by atoms with E-state index in [2.05, 4.69) is 80.4 Å². The fourth-order valence-electron chi connectivity index (χ4n) is 4.74. The van der Waals surface area contributed by atoms with Crippen molar-refractivity contribution in [2.75, 3.05) is 13.1 Å². The molecule has 0 aliphatic rings. The summed E-state index contributed by atoms with van der Waals surface area (Å²) < 4.78 is 0. The van der Waals surface area contributed by atoms with E-state index in [1.807, 2.05) is 25.3 Å². The summed E-state index contributed by atoms with van der Waals surface area (Å²) in [5.41, 5.74) is 5.35. The second kappa shape index (κ2) is 14.1. The predicted octanol–water partition coefficient (Wildman–Crippen LogP) is 6.42. The summed E-state index contributed by atoms with van der Waals surface area (Å²) in [4.78, 5) is 30.0. The normalized spacial score (nSPS) is 11.5. The van der Waals surface area contributed by atoms with Crippen molar-refractivity contribution in [1.82, 2.24) is 24.8 Å². The Morgan fingerprint density at radius 2 is 1.47 bits per heavy atom. The molecule has 0 fully saturated rings. The van der Waals surface area contributed by atoms with Gasteiger partial charge in [-0.3, -0.25) is 14.6 Å². The molecule has 0 aliphatic heterocycles. The minimum atomic E-state index is 0.147. The zero-order valence-electron chi connectivity index (χ0n) is 22.8. The van der Waals surface area contributed by atoms with Crippen molar-refractivity contribution in [3.8, 4) is 0 Å². The molecular weight excluding hydrogens is 490 g/mol. The fraction of sp³-hybridized carbons (Fsp3) is 0.387. The maximum absolute atomic E-state index is 13.0. The molecule has 0 unspecified atom stereocenters. The molecule has 0 aliphatic carbocycles. The van der Waals surface area contributed by atoms with Crippen LogP contribution in [0, 0.1) is 6.92 Å². The molecule has 4 aromatic rings. The van der Waals surface area contributed by atoms with Gasteiger partial charge in [-0.05, 0) is 49.5 Å². The summed E-state index contributed by atoms with van der Waals surface area (Å²) in [6.45, 7) is 11.9. The topological polar surface area (TPSA) is 65.1 Å². The summed E-state index contributed by atoms with van der Waals surface area (Å²) in [7, 11) is 0. The first-order valence-electron chi connectivity index (χ1n) is 13.6. The molecule has 0 radical (unpaired) electrons. The van der Waals surface area contributed by atoms with Crippen LogP contribution in [0.15, 0.2) is 66.3 Å². The Morgan fingerprint density at radius 3 is 2.05 bits per heavy atom. The number of nitrogens with one attached hydrogen (secondary N) is 1. The Morgan fingerprint density at radius 1 is 0.842 bits per heavy atom. The van der Waals surface area contributed by atoms with Crippen molar-refractivity contribution in [1.29, 1.82) is 0 Å². The van der Waals surface area contributed by atoms with E-state index in [4.69, 9.17) is 0 Å². The number of H-pyrrole nitrogens is 1. The molecule has 200 valence electrons. The van der Waals surface area contributed by atoms with Crippen LogP contribution in [0.25, 0.3) is 0 Å². The summed E-state index contributed by atoms with van der Waals surface area (Å²) in [6.07, 6.45) is 6.38. The number of benzene rings is 2. The smallest absolute Gasteiger partial charge is 0.167 e. The van der Waals surface area contributed by atoms with E-state index in [9.17, 15) is 4.79 Å². The number of aromatic nitrogens is 3. The Bertz CT molecular complexity index is 1240. The monoisotopic (exact) mass is 529 g/mol. The largest absolute Gasteiger partial charge is 0.348 e. The lowest BCUT2D eigenvalue weighted by Gasteiger charge is -2.21. The van der Waals surface area contributed by atoms with Crippen LogP contribution in [0.5, 0.6) is 0 Å². The van der Waals surface area contributed by atoms with Gasteiger partial charge >= 0.3 is 0 Å². The first kappa shape index (κ1) is 27.9. The number of carbonyl (C=O) groups excluding carboxylic acids is 1. The molecule has 38 heavy (non-hydrogen) atoms. The maximum atomic E-state index is 13.0. The SMILES string of the molecule is CCCN(CCC)Cc1ccc(CC(=O)c2ccc(CN(Cc3csc(C)n3)Cc3ncc[nH]3)cc2)cc1. The second-order valence-corrected chi connectivity index (χ2v) is 11.0. The molecular formula is C31H39N5OS. The lowest BCUT2D eigenvalue weighted by atomic mass is 10.0. The van der Waals surface area contributed by atoms with Gasteiger partial charge in [0.05, 0.1) is 17.2 Å². The first-order chi connectivity index (χ1) is 18.5. The number of Topliss-reactive ketones (excluding diaryl/α,β-unsaturated/α-hetero) is 1. The summed E-state index contributed by atoms with van der Waals surface area (Å²) in [5.74, 6) is 1.08. The predicted molar refractivity (Wildman–Crippen MR) is 155 cm³/mol. The van der Waals surface area contributed by atoms with E-state index in [0.717, 1.165) is 65.9 Å². The van der Waals surface area contributed by atoms with Crippen LogP contribution in [-0.4, -0.2) is 43.6 Å². The number of aryl methyl sites for hydroxylation is 1. The van der Waals surface area contributed by atoms with Crippen molar-refractivity contribution in [2.24, 2.45) is 0 Å². The number of thiazole rings is 1. The van der Waals surface area contributed by atoms with Gasteiger partial charge in [-0.2, -0.15) is 0 Å². The summed E-state index contributed by atoms with van der Waals surface area (Å²) >= 11 is 1.67. The molecule has 0 bridgehead atoms. The minimum absolute atomic E-state index is 0.147. The van der Waals surface area contributed by atoms with Crippen LogP contribution in [-0.2, 0) is 32.6 Å². The molecule has 2 heterocycles. The zero-order valence-corrected chi connectivity index (χ0v) is 23.6. The summed E-state index contributed by atoms with van der Waals surface area (Å²) in [5, 5.41) is 3.19. The van der Waals surface area contributed by atoms with Gasteiger partial charge in [0.1, 0.15) is 5.82 Å². The van der Waals surface area contributed by atoms with Crippen molar-refractivity contribution >= 4 is 17.1 Å². The number of hydrogen-bond acceptors (Lipinski definition) is 6. The lowest BCUT2D eigenvalue weighted by molar-refractivity contribution is 0.0993. The lowest BCUT2D eigenvalue weighted by Crippen LogP contribution is -2.24. The average molecular weight is 530 g/mol. The third-order valence-corrected chi connectivity index (χ3v) is 7.36. The van der Waals surface area contributed by atoms with E-state index in [-0.39, 0.29) is 5.78 Å². The number of carbonyl (C=O) groups is 1. The third kappa shape index (κ3) is 8.45. The van der Waals surface area contributed by atoms with E-state index < -0.39 is 0 Å². The average Bonchev–Trinajstić information content (AvgIpc) is 3.57. The van der Waals surface area contributed by atoms with Gasteiger partial charge in [0.15, 0.2) is 5.78 Å². The maximum Gasteiger partial charge on any atom is 0.167 e. The van der Waals surface area contributed by atoms with Crippen LogP contribution in [0.3, 0.4) is 0 Å². The molecule has 4 rings (SSSR count). The van der Waals surface area contributed by atoms with Crippen LogP contribution < -0.4 is 0 Å². The molecule has 0 saturated carbocycles. The fourth-order valence-corrected chi connectivity index (χ4v) is 5.34. The minimum Gasteiger partial charge on any atom is -0.348 e. The van der Waals surface area contributed by atoms with E-state index >= 15 is 0 Å². The van der Waals surface area contributed by atoms with Gasteiger partial charge in [0, 0.05) is 49.4 Å². The van der Waals surface area contributed by atoms with Crippen molar-refractivity contribution < 1.29 is 4.79 Å². The third-order valence-electron chi connectivity index (χ3n) is 6.54. The Kier molecular flexibility index (Phi) is 10.4. The van der Waals surface area contributed by atoms with Crippen molar-refractivity contribution in [2.45, 2.75) is 66.2 Å². The van der Waals surface area contributed by atoms with Crippen molar-refractivity contribution in [3.05, 3.63) is 105 Å². The van der Waals surface area contributed by atoms with E-state index in [1.54, 1.807) is 17.5 Å². The number of nitrogens with zero attached hydrogens (tertiary/aromatic N) is 4. The second-order valence-electron chi connectivity index (χ2n) is 9.93. The summed E-state index contributed by atoms with van der Waals surface area (Å²) in [6, 6.07) is 16.6. The van der Waals surface area contributed by atoms with Crippen LogP contribution in [0.4, 0.5) is 0 Å². The highest BCUT2D eigenvalue weighted by molar-refractivity contribution is 7.09. The van der Waals surface area contributed by atoms with Gasteiger partial charge < -0.3 is 4.98 Å². The zero-order chi connectivity index (χ0) is 26.7. The molecule has 1 N–H and O–H groups in total. The van der Waals surface area contributed by atoms with Gasteiger partial charge in [-0.15, -0.1) is 11.3 Å². The van der Waals surface area contributed by atoms with Crippen molar-refractivity contribution in [3.63, 3.8) is 0 Å². The number of ketones is 1. The molecule has 2 aromatic carbocycles. The van der Waals surface area contributed by atoms with Crippen LogP contribution >= 0.6 is 11.3 Å². The molecule has 2 aromatic heterocycles. The van der Waals surface area contributed by atoms with Gasteiger partial charge in [-0.1, -0.05) is 62.4 Å². The Hall–Kier alpha value is -3.13. The standard InChI is InChI=1S/C31H39N5OS/c1-4-16-35(17-5-2)19-26-8-6-25(7-9-26)18-30(37)28-12-10-27(11-13-28)20-36(22-31-32-14-15-33-31)21-29-23-38-24(3)34-29/h6-15,23H,4-5,16-22H2,1-3H3,(H,32,33). The quantitative estimate of drug-likeness (QED) is 0.180. The van der Waals surface area contributed by atoms with E-state index in [1.165, 1.54) is 18.4 Å². The van der Waals surface area contributed by atoms with Crippen LogP contribution in [0.1, 0.15) is 70.3 Å². The van der Waals surface area contributed by atoms with Gasteiger partial charge in [0.2, 0.25) is 0 Å². The highest BCUT2D eigenvalue weighted by Gasteiger charge is 2.13. The Labute approximate surface area is 230 Å². The Balaban J connectivity index is 1.35. The molecule has 0 amide bonds.